The maximum atomic E-state index is 12.9. The number of hydrogen-bond acceptors (Lipinski definition) is 4. The Labute approximate surface area is 149 Å². The van der Waals surface area contributed by atoms with Crippen molar-refractivity contribution in [2.24, 2.45) is 0 Å². The highest BCUT2D eigenvalue weighted by Crippen LogP contribution is 2.16. The van der Waals surface area contributed by atoms with E-state index < -0.39 is 0 Å². The molecule has 3 heterocycles. The first-order chi connectivity index (χ1) is 12.6. The van der Waals surface area contributed by atoms with Gasteiger partial charge < -0.3 is 0 Å². The van der Waals surface area contributed by atoms with Crippen LogP contribution in [0.2, 0.25) is 0 Å². The number of aryl methyl sites for hydroxylation is 1. The van der Waals surface area contributed by atoms with Gasteiger partial charge in [0, 0.05) is 18.3 Å². The average molecular weight is 346 g/mol. The molecule has 0 saturated heterocycles. The third-order valence-electron chi connectivity index (χ3n) is 4.50. The molecule has 0 atom stereocenters. The number of carbonyl (C=O) groups is 1. The van der Waals surface area contributed by atoms with E-state index in [2.05, 4.69) is 9.97 Å². The Balaban J connectivity index is 1.87. The lowest BCUT2D eigenvalue weighted by Crippen LogP contribution is -2.24. The van der Waals surface area contributed by atoms with Crippen molar-refractivity contribution in [3.63, 3.8) is 0 Å². The second-order valence-corrected chi connectivity index (χ2v) is 6.25. The quantitative estimate of drug-likeness (QED) is 0.533. The summed E-state index contributed by atoms with van der Waals surface area (Å²) >= 11 is 0. The van der Waals surface area contributed by atoms with Gasteiger partial charge in [0.15, 0.2) is 5.82 Å². The maximum absolute atomic E-state index is 12.9. The molecule has 0 aliphatic carbocycles. The van der Waals surface area contributed by atoms with Gasteiger partial charge in [0.25, 0.3) is 5.56 Å². The summed E-state index contributed by atoms with van der Waals surface area (Å²) in [5, 5.41) is 0.454. The Hall–Kier alpha value is -3.28. The van der Waals surface area contributed by atoms with E-state index in [9.17, 15) is 9.59 Å². The normalized spacial score (nSPS) is 11.3. The standard InChI is InChI=1S/C20H18N4O2/c1-3-9-23-13(2)22-17-8-7-14(11-16(17)20(23)26)18(25)19-21-12-15-6-4-5-10-24(15)19/h4-8,10-12H,3,9H2,1-2H3. The van der Waals surface area contributed by atoms with Crippen molar-refractivity contribution < 1.29 is 4.79 Å². The van der Waals surface area contributed by atoms with Crippen molar-refractivity contribution in [1.82, 2.24) is 18.9 Å². The van der Waals surface area contributed by atoms with Gasteiger partial charge in [-0.25, -0.2) is 9.97 Å². The molecule has 0 unspecified atom stereocenters. The Morgan fingerprint density at radius 1 is 1.19 bits per heavy atom. The molecule has 1 aromatic carbocycles. The van der Waals surface area contributed by atoms with Crippen molar-refractivity contribution in [2.45, 2.75) is 26.8 Å². The van der Waals surface area contributed by atoms with Crippen LogP contribution >= 0.6 is 0 Å². The van der Waals surface area contributed by atoms with Gasteiger partial charge in [-0.15, -0.1) is 0 Å². The highest BCUT2D eigenvalue weighted by molar-refractivity contribution is 6.08. The lowest BCUT2D eigenvalue weighted by atomic mass is 10.1. The molecule has 6 nitrogen and oxygen atoms in total. The number of fused-ring (bicyclic) bond motifs is 2. The van der Waals surface area contributed by atoms with Gasteiger partial charge in [-0.1, -0.05) is 13.0 Å². The van der Waals surface area contributed by atoms with Gasteiger partial charge in [0.05, 0.1) is 22.6 Å². The molecule has 26 heavy (non-hydrogen) atoms. The number of hydrogen-bond donors (Lipinski definition) is 0. The lowest BCUT2D eigenvalue weighted by molar-refractivity contribution is 0.102. The van der Waals surface area contributed by atoms with E-state index in [0.717, 1.165) is 11.9 Å². The second kappa shape index (κ2) is 6.22. The Morgan fingerprint density at radius 2 is 2.04 bits per heavy atom. The topological polar surface area (TPSA) is 69.3 Å². The zero-order chi connectivity index (χ0) is 18.3. The minimum Gasteiger partial charge on any atom is -0.297 e. The first kappa shape index (κ1) is 16.2. The van der Waals surface area contributed by atoms with E-state index in [4.69, 9.17) is 0 Å². The number of imidazole rings is 1. The van der Waals surface area contributed by atoms with Crippen molar-refractivity contribution >= 4 is 22.2 Å². The fourth-order valence-corrected chi connectivity index (χ4v) is 3.20. The monoisotopic (exact) mass is 346 g/mol. The van der Waals surface area contributed by atoms with Crippen LogP contribution in [0.3, 0.4) is 0 Å². The van der Waals surface area contributed by atoms with Crippen LogP contribution in [-0.2, 0) is 6.54 Å². The predicted octanol–water partition coefficient (Wildman–Crippen LogP) is 2.99. The molecular formula is C20H18N4O2. The van der Waals surface area contributed by atoms with Crippen molar-refractivity contribution in [1.29, 1.82) is 0 Å². The zero-order valence-corrected chi connectivity index (χ0v) is 14.6. The lowest BCUT2D eigenvalue weighted by Gasteiger charge is -2.10. The van der Waals surface area contributed by atoms with E-state index in [1.807, 2.05) is 32.0 Å². The number of pyridine rings is 1. The Bertz CT molecular complexity index is 1200. The Kier molecular flexibility index (Phi) is 3.88. The number of aromatic nitrogens is 4. The summed E-state index contributed by atoms with van der Waals surface area (Å²) in [4.78, 5) is 34.5. The van der Waals surface area contributed by atoms with Gasteiger partial charge in [-0.3, -0.25) is 18.6 Å². The summed E-state index contributed by atoms with van der Waals surface area (Å²) in [5.74, 6) is 0.789. The SMILES string of the molecule is CCCn1c(C)nc2ccc(C(=O)c3ncc4ccccn34)cc2c1=O. The molecule has 0 aliphatic rings. The fraction of sp³-hybridized carbons (Fsp3) is 0.200. The molecule has 0 bridgehead atoms. The largest absolute Gasteiger partial charge is 0.297 e. The van der Waals surface area contributed by atoms with E-state index in [1.54, 1.807) is 39.6 Å². The molecule has 6 heteroatoms. The molecule has 4 aromatic rings. The molecule has 0 radical (unpaired) electrons. The number of rotatable bonds is 4. The smallest absolute Gasteiger partial charge is 0.261 e. The van der Waals surface area contributed by atoms with Crippen molar-refractivity contribution in [3.05, 3.63) is 76.4 Å². The number of nitrogens with zero attached hydrogens (tertiary/aromatic N) is 4. The van der Waals surface area contributed by atoms with Gasteiger partial charge >= 0.3 is 0 Å². The van der Waals surface area contributed by atoms with E-state index in [-0.39, 0.29) is 11.3 Å². The fourth-order valence-electron chi connectivity index (χ4n) is 3.20. The highest BCUT2D eigenvalue weighted by atomic mass is 16.1. The number of benzene rings is 1. The number of carbonyl (C=O) groups excluding carboxylic acids is 1. The van der Waals surface area contributed by atoms with Crippen molar-refractivity contribution in [2.75, 3.05) is 0 Å². The van der Waals surface area contributed by atoms with E-state index >= 15 is 0 Å². The molecule has 0 aliphatic heterocycles. The summed E-state index contributed by atoms with van der Waals surface area (Å²) in [6, 6.07) is 10.7. The van der Waals surface area contributed by atoms with Gasteiger partial charge in [0.1, 0.15) is 5.82 Å². The highest BCUT2D eigenvalue weighted by Gasteiger charge is 2.17. The van der Waals surface area contributed by atoms with Crippen LogP contribution < -0.4 is 5.56 Å². The molecule has 130 valence electrons. The minimum absolute atomic E-state index is 0.114. The molecule has 0 saturated carbocycles. The third kappa shape index (κ3) is 2.50. The van der Waals surface area contributed by atoms with Gasteiger partial charge in [-0.2, -0.15) is 0 Å². The first-order valence-electron chi connectivity index (χ1n) is 8.58. The van der Waals surface area contributed by atoms with Crippen LogP contribution in [0.5, 0.6) is 0 Å². The first-order valence-corrected chi connectivity index (χ1v) is 8.58. The predicted molar refractivity (Wildman–Crippen MR) is 99.7 cm³/mol. The van der Waals surface area contributed by atoms with Crippen LogP contribution in [0.15, 0.2) is 53.6 Å². The molecule has 3 aromatic heterocycles. The summed E-state index contributed by atoms with van der Waals surface area (Å²) < 4.78 is 3.40. The van der Waals surface area contributed by atoms with Crippen LogP contribution in [-0.4, -0.2) is 24.7 Å². The molecule has 0 N–H and O–H groups in total. The van der Waals surface area contributed by atoms with E-state index in [0.29, 0.717) is 34.7 Å². The van der Waals surface area contributed by atoms with Gasteiger partial charge in [-0.05, 0) is 43.7 Å². The molecule has 0 spiro atoms. The third-order valence-corrected chi connectivity index (χ3v) is 4.50. The van der Waals surface area contributed by atoms with Crippen LogP contribution in [0.25, 0.3) is 16.4 Å². The molecule has 0 fully saturated rings. The maximum Gasteiger partial charge on any atom is 0.261 e. The second-order valence-electron chi connectivity index (χ2n) is 6.25. The summed E-state index contributed by atoms with van der Waals surface area (Å²) in [6.07, 6.45) is 4.30. The van der Waals surface area contributed by atoms with Crippen LogP contribution in [0.1, 0.15) is 35.4 Å². The molecular weight excluding hydrogens is 328 g/mol. The molecule has 0 amide bonds. The number of ketones is 1. The zero-order valence-electron chi connectivity index (χ0n) is 14.6. The van der Waals surface area contributed by atoms with Gasteiger partial charge in [0.2, 0.25) is 5.78 Å². The summed E-state index contributed by atoms with van der Waals surface area (Å²) in [5.41, 5.74) is 1.76. The van der Waals surface area contributed by atoms with Crippen LogP contribution in [0.4, 0.5) is 0 Å². The molecule has 4 rings (SSSR count). The van der Waals surface area contributed by atoms with Crippen LogP contribution in [0, 0.1) is 6.92 Å². The summed E-state index contributed by atoms with van der Waals surface area (Å²) in [6.45, 7) is 4.45. The summed E-state index contributed by atoms with van der Waals surface area (Å²) in [7, 11) is 0. The minimum atomic E-state index is -0.222. The van der Waals surface area contributed by atoms with Crippen molar-refractivity contribution in [3.8, 4) is 0 Å². The van der Waals surface area contributed by atoms with E-state index in [1.165, 1.54) is 0 Å². The average Bonchev–Trinajstić information content (AvgIpc) is 3.08. The Morgan fingerprint density at radius 3 is 2.85 bits per heavy atom.